The maximum atomic E-state index is 6.21. The minimum atomic E-state index is 0.792. The molecule has 0 aliphatic heterocycles. The first-order valence-corrected chi connectivity index (χ1v) is 8.23. The first-order chi connectivity index (χ1) is 8.79. The van der Waals surface area contributed by atoms with Gasteiger partial charge in [0.15, 0.2) is 0 Å². The van der Waals surface area contributed by atoms with E-state index in [2.05, 4.69) is 17.2 Å². The lowest BCUT2D eigenvalue weighted by atomic mass is 10.0. The predicted molar refractivity (Wildman–Crippen MR) is 81.6 cm³/mol. The van der Waals surface area contributed by atoms with Crippen molar-refractivity contribution in [1.82, 2.24) is 4.98 Å². The number of thioether (sulfide) groups is 1. The molecule has 1 N–H and O–H groups in total. The smallest absolute Gasteiger partial charge is 0.126 e. The van der Waals surface area contributed by atoms with Gasteiger partial charge in [-0.05, 0) is 31.9 Å². The van der Waals surface area contributed by atoms with Crippen LogP contribution in [-0.4, -0.2) is 16.8 Å². The normalized spacial score (nSPS) is 16.8. The number of pyridine rings is 1. The van der Waals surface area contributed by atoms with Gasteiger partial charge in [0.25, 0.3) is 0 Å². The molecule has 1 fully saturated rings. The summed E-state index contributed by atoms with van der Waals surface area (Å²) >= 11 is 8.23. The third-order valence-corrected chi connectivity index (χ3v) is 5.01. The van der Waals surface area contributed by atoms with Crippen LogP contribution in [0.2, 0.25) is 5.02 Å². The van der Waals surface area contributed by atoms with Gasteiger partial charge in [-0.15, -0.1) is 0 Å². The molecule has 1 aliphatic rings. The van der Waals surface area contributed by atoms with Crippen LogP contribution in [0, 0.1) is 0 Å². The highest BCUT2D eigenvalue weighted by atomic mass is 35.5. The summed E-state index contributed by atoms with van der Waals surface area (Å²) in [5, 5.41) is 4.83. The van der Waals surface area contributed by atoms with Crippen LogP contribution < -0.4 is 5.32 Å². The average molecular weight is 285 g/mol. The molecule has 2 rings (SSSR count). The zero-order valence-electron chi connectivity index (χ0n) is 10.9. The first-order valence-electron chi connectivity index (χ1n) is 6.80. The summed E-state index contributed by atoms with van der Waals surface area (Å²) in [7, 11) is 0. The van der Waals surface area contributed by atoms with Gasteiger partial charge >= 0.3 is 0 Å². The van der Waals surface area contributed by atoms with Crippen LogP contribution in [0.5, 0.6) is 0 Å². The van der Waals surface area contributed by atoms with Gasteiger partial charge in [0, 0.05) is 17.5 Å². The average Bonchev–Trinajstić information content (AvgIpc) is 2.41. The van der Waals surface area contributed by atoms with E-state index < -0.39 is 0 Å². The Kier molecular flexibility index (Phi) is 5.64. The van der Waals surface area contributed by atoms with E-state index in [0.717, 1.165) is 34.1 Å². The number of aromatic nitrogens is 1. The Labute approximate surface area is 119 Å². The zero-order valence-corrected chi connectivity index (χ0v) is 12.5. The number of rotatable bonds is 5. The molecule has 4 heteroatoms. The monoisotopic (exact) mass is 284 g/mol. The van der Waals surface area contributed by atoms with Gasteiger partial charge in [0.1, 0.15) is 5.82 Å². The van der Waals surface area contributed by atoms with Crippen LogP contribution >= 0.6 is 23.4 Å². The minimum absolute atomic E-state index is 0.792. The predicted octanol–water partition coefficient (Wildman–Crippen LogP) is 4.73. The Morgan fingerprint density at radius 3 is 2.83 bits per heavy atom. The Hall–Kier alpha value is -0.410. The molecule has 1 saturated carbocycles. The highest BCUT2D eigenvalue weighted by molar-refractivity contribution is 7.99. The fraction of sp³-hybridized carbons (Fsp3) is 0.643. The van der Waals surface area contributed by atoms with Crippen molar-refractivity contribution in [2.24, 2.45) is 0 Å². The molecule has 0 spiro atoms. The quantitative estimate of drug-likeness (QED) is 0.846. The summed E-state index contributed by atoms with van der Waals surface area (Å²) in [6.45, 7) is 2.97. The van der Waals surface area contributed by atoms with Gasteiger partial charge in [0.05, 0.1) is 10.7 Å². The minimum Gasteiger partial charge on any atom is -0.370 e. The number of hydrogen-bond donors (Lipinski definition) is 1. The molecule has 0 atom stereocenters. The SMILES string of the molecule is CCNc1ccc(Cl)c(CSC2CCCCC2)n1. The van der Waals surface area contributed by atoms with Crippen molar-refractivity contribution < 1.29 is 0 Å². The Balaban J connectivity index is 1.92. The van der Waals surface area contributed by atoms with E-state index in [1.165, 1.54) is 32.1 Å². The molecule has 1 aliphatic carbocycles. The summed E-state index contributed by atoms with van der Waals surface area (Å²) in [4.78, 5) is 4.58. The van der Waals surface area contributed by atoms with E-state index >= 15 is 0 Å². The van der Waals surface area contributed by atoms with Crippen LogP contribution in [-0.2, 0) is 5.75 Å². The molecule has 1 heterocycles. The van der Waals surface area contributed by atoms with E-state index in [1.54, 1.807) is 0 Å². The van der Waals surface area contributed by atoms with Crippen molar-refractivity contribution in [2.75, 3.05) is 11.9 Å². The highest BCUT2D eigenvalue weighted by Crippen LogP contribution is 2.31. The molecular weight excluding hydrogens is 264 g/mol. The number of halogens is 1. The topological polar surface area (TPSA) is 24.9 Å². The summed E-state index contributed by atoms with van der Waals surface area (Å²) in [6.07, 6.45) is 6.89. The maximum Gasteiger partial charge on any atom is 0.126 e. The molecule has 0 bridgehead atoms. The Morgan fingerprint density at radius 1 is 1.33 bits per heavy atom. The molecular formula is C14H21ClN2S. The highest BCUT2D eigenvalue weighted by Gasteiger charge is 2.15. The Morgan fingerprint density at radius 2 is 2.11 bits per heavy atom. The van der Waals surface area contributed by atoms with Crippen molar-refractivity contribution in [1.29, 1.82) is 0 Å². The molecule has 0 aromatic carbocycles. The number of nitrogens with one attached hydrogen (secondary N) is 1. The van der Waals surface area contributed by atoms with Crippen LogP contribution in [0.25, 0.3) is 0 Å². The summed E-state index contributed by atoms with van der Waals surface area (Å²) < 4.78 is 0. The van der Waals surface area contributed by atoms with Gasteiger partial charge in [-0.25, -0.2) is 4.98 Å². The molecule has 0 saturated heterocycles. The van der Waals surface area contributed by atoms with Crippen LogP contribution in [0.4, 0.5) is 5.82 Å². The Bertz CT molecular complexity index is 378. The molecule has 0 unspecified atom stereocenters. The van der Waals surface area contributed by atoms with E-state index in [1.807, 2.05) is 23.9 Å². The zero-order chi connectivity index (χ0) is 12.8. The van der Waals surface area contributed by atoms with Gasteiger partial charge in [-0.3, -0.25) is 0 Å². The molecule has 2 nitrogen and oxygen atoms in total. The van der Waals surface area contributed by atoms with E-state index in [0.29, 0.717) is 0 Å². The van der Waals surface area contributed by atoms with Crippen molar-refractivity contribution in [3.05, 3.63) is 22.8 Å². The second-order valence-corrected chi connectivity index (χ2v) is 6.42. The molecule has 0 amide bonds. The summed E-state index contributed by atoms with van der Waals surface area (Å²) in [6, 6.07) is 3.89. The molecule has 1 aromatic rings. The van der Waals surface area contributed by atoms with E-state index in [-0.39, 0.29) is 0 Å². The van der Waals surface area contributed by atoms with Gasteiger partial charge in [-0.1, -0.05) is 30.9 Å². The lowest BCUT2D eigenvalue weighted by molar-refractivity contribution is 0.516. The van der Waals surface area contributed by atoms with Crippen LogP contribution in [0.3, 0.4) is 0 Å². The van der Waals surface area contributed by atoms with Gasteiger partial charge < -0.3 is 5.32 Å². The van der Waals surface area contributed by atoms with Crippen molar-refractivity contribution in [3.8, 4) is 0 Å². The molecule has 100 valence electrons. The lowest BCUT2D eigenvalue weighted by Crippen LogP contribution is -2.09. The van der Waals surface area contributed by atoms with Gasteiger partial charge in [-0.2, -0.15) is 11.8 Å². The standard InChI is InChI=1S/C14H21ClN2S/c1-2-16-14-9-8-12(15)13(17-14)10-18-11-6-4-3-5-7-11/h8-9,11H,2-7,10H2,1H3,(H,16,17). The third-order valence-electron chi connectivity index (χ3n) is 3.28. The summed E-state index contributed by atoms with van der Waals surface area (Å²) in [5.74, 6) is 1.86. The molecule has 18 heavy (non-hydrogen) atoms. The van der Waals surface area contributed by atoms with Crippen molar-refractivity contribution >= 4 is 29.2 Å². The van der Waals surface area contributed by atoms with Crippen molar-refractivity contribution in [3.63, 3.8) is 0 Å². The van der Waals surface area contributed by atoms with E-state index in [4.69, 9.17) is 11.6 Å². The largest absolute Gasteiger partial charge is 0.370 e. The van der Waals surface area contributed by atoms with Gasteiger partial charge in [0.2, 0.25) is 0 Å². The third kappa shape index (κ3) is 4.06. The second kappa shape index (κ2) is 7.25. The van der Waals surface area contributed by atoms with Crippen molar-refractivity contribution in [2.45, 2.75) is 50.0 Å². The summed E-state index contributed by atoms with van der Waals surface area (Å²) in [5.41, 5.74) is 1.02. The van der Waals surface area contributed by atoms with E-state index in [9.17, 15) is 0 Å². The number of hydrogen-bond acceptors (Lipinski definition) is 3. The first kappa shape index (κ1) is 14.0. The number of anilines is 1. The second-order valence-electron chi connectivity index (χ2n) is 4.73. The fourth-order valence-corrected chi connectivity index (χ4v) is 3.83. The molecule has 0 radical (unpaired) electrons. The fourth-order valence-electron chi connectivity index (χ4n) is 2.29. The van der Waals surface area contributed by atoms with Crippen LogP contribution in [0.15, 0.2) is 12.1 Å². The maximum absolute atomic E-state index is 6.21. The number of nitrogens with zero attached hydrogens (tertiary/aromatic N) is 1. The molecule has 1 aromatic heterocycles. The van der Waals surface area contributed by atoms with Crippen LogP contribution in [0.1, 0.15) is 44.7 Å². The lowest BCUT2D eigenvalue weighted by Gasteiger charge is -2.21.